The van der Waals surface area contributed by atoms with Gasteiger partial charge >= 0.3 is 18.0 Å². The monoisotopic (exact) mass is 228 g/mol. The number of nitrogens with one attached hydrogen (secondary N) is 3. The fraction of sp³-hybridized carbons (Fsp3) is 0.625. The van der Waals surface area contributed by atoms with Crippen molar-refractivity contribution in [3.63, 3.8) is 0 Å². The number of carbonyl (C=O) groups excluding carboxylic acids is 3. The summed E-state index contributed by atoms with van der Waals surface area (Å²) in [5.41, 5.74) is 0. The molecule has 3 N–H and O–H groups in total. The maximum absolute atomic E-state index is 11.6. The van der Waals surface area contributed by atoms with Crippen LogP contribution in [0.1, 0.15) is 6.92 Å². The minimum Gasteiger partial charge on any atom is -0.467 e. The zero-order valence-electron chi connectivity index (χ0n) is 8.81. The summed E-state index contributed by atoms with van der Waals surface area (Å²) in [5.74, 6) is -0.531. The highest BCUT2D eigenvalue weighted by atomic mass is 16.5. The van der Waals surface area contributed by atoms with E-state index in [0.717, 1.165) is 0 Å². The summed E-state index contributed by atoms with van der Waals surface area (Å²) in [4.78, 5) is 35.2. The summed E-state index contributed by atoms with van der Waals surface area (Å²) in [6.45, 7) is 1.54. The van der Waals surface area contributed by atoms with Crippen LogP contribution in [0.4, 0.5) is 9.59 Å². The summed E-state index contributed by atoms with van der Waals surface area (Å²) in [7, 11) is 1.25. The van der Waals surface area contributed by atoms with Crippen LogP contribution in [-0.2, 0) is 9.53 Å². The molecule has 16 heavy (non-hydrogen) atoms. The van der Waals surface area contributed by atoms with Gasteiger partial charge in [-0.25, -0.2) is 14.4 Å². The summed E-state index contributed by atoms with van der Waals surface area (Å²) in [5, 5.41) is 7.59. The molecule has 0 aliphatic carbocycles. The van der Waals surface area contributed by atoms with Gasteiger partial charge in [-0.05, 0) is 6.92 Å². The molecule has 0 bridgehead atoms. The van der Waals surface area contributed by atoms with E-state index in [2.05, 4.69) is 20.7 Å². The third kappa shape index (κ3) is 1.42. The van der Waals surface area contributed by atoms with Gasteiger partial charge in [-0.1, -0.05) is 0 Å². The topological polar surface area (TPSA) is 99.8 Å². The highest BCUT2D eigenvalue weighted by Crippen LogP contribution is 2.17. The van der Waals surface area contributed by atoms with Gasteiger partial charge in [0.25, 0.3) is 0 Å². The van der Waals surface area contributed by atoms with E-state index in [1.165, 1.54) is 18.9 Å². The Hall–Kier alpha value is -1.99. The van der Waals surface area contributed by atoms with Crippen molar-refractivity contribution in [3.8, 4) is 0 Å². The Morgan fingerprint density at radius 2 is 2.06 bits per heavy atom. The zero-order chi connectivity index (χ0) is 11.9. The third-order valence-electron chi connectivity index (χ3n) is 2.65. The number of hydrogen-bond acceptors (Lipinski definition) is 4. The van der Waals surface area contributed by atoms with Gasteiger partial charge in [-0.2, -0.15) is 0 Å². The number of methoxy groups -OCH3 is 1. The molecule has 2 aliphatic heterocycles. The lowest BCUT2D eigenvalue weighted by atomic mass is 10.2. The van der Waals surface area contributed by atoms with E-state index in [9.17, 15) is 14.4 Å². The van der Waals surface area contributed by atoms with Crippen LogP contribution in [0.2, 0.25) is 0 Å². The Kier molecular flexibility index (Phi) is 2.33. The second-order valence-corrected chi connectivity index (χ2v) is 3.60. The van der Waals surface area contributed by atoms with Crippen molar-refractivity contribution in [2.45, 2.75) is 25.3 Å². The second-order valence-electron chi connectivity index (χ2n) is 3.60. The molecular formula is C8H12N4O4. The van der Waals surface area contributed by atoms with Gasteiger partial charge in [0.1, 0.15) is 18.4 Å². The summed E-state index contributed by atoms with van der Waals surface area (Å²) in [6.07, 6.45) is -1.07. The Balaban J connectivity index is 2.17. The summed E-state index contributed by atoms with van der Waals surface area (Å²) >= 11 is 0. The van der Waals surface area contributed by atoms with Gasteiger partial charge in [0.05, 0.1) is 7.11 Å². The molecule has 0 spiro atoms. The van der Waals surface area contributed by atoms with Crippen molar-refractivity contribution in [2.24, 2.45) is 0 Å². The quantitative estimate of drug-likeness (QED) is 0.503. The van der Waals surface area contributed by atoms with E-state index in [4.69, 9.17) is 0 Å². The van der Waals surface area contributed by atoms with Crippen molar-refractivity contribution in [3.05, 3.63) is 0 Å². The van der Waals surface area contributed by atoms with E-state index in [1.807, 2.05) is 0 Å². The Labute approximate surface area is 91.3 Å². The van der Waals surface area contributed by atoms with Crippen LogP contribution in [0.15, 0.2) is 0 Å². The lowest BCUT2D eigenvalue weighted by Crippen LogP contribution is -2.51. The van der Waals surface area contributed by atoms with Crippen molar-refractivity contribution in [1.29, 1.82) is 0 Å². The SMILES string of the molecule is COC(=O)[C@@H](C)N1C(=O)N[C@H]2NC(=O)N[C@@H]21. The zero-order valence-corrected chi connectivity index (χ0v) is 8.81. The van der Waals surface area contributed by atoms with Crippen LogP contribution < -0.4 is 16.0 Å². The molecule has 0 aromatic rings. The highest BCUT2D eigenvalue weighted by Gasteiger charge is 2.48. The first kappa shape index (κ1) is 10.5. The molecule has 2 rings (SSSR count). The maximum atomic E-state index is 11.6. The molecule has 0 unspecified atom stereocenters. The molecule has 88 valence electrons. The minimum atomic E-state index is -0.750. The van der Waals surface area contributed by atoms with E-state index >= 15 is 0 Å². The molecule has 0 saturated carbocycles. The van der Waals surface area contributed by atoms with E-state index in [1.54, 1.807) is 0 Å². The van der Waals surface area contributed by atoms with E-state index < -0.39 is 30.4 Å². The number of esters is 1. The average molecular weight is 228 g/mol. The van der Waals surface area contributed by atoms with Crippen LogP contribution >= 0.6 is 0 Å². The average Bonchev–Trinajstić information content (AvgIpc) is 2.70. The number of ether oxygens (including phenoxy) is 1. The summed E-state index contributed by atoms with van der Waals surface area (Å²) < 4.78 is 4.55. The van der Waals surface area contributed by atoms with Gasteiger partial charge in [0.2, 0.25) is 0 Å². The first-order valence-corrected chi connectivity index (χ1v) is 4.78. The lowest BCUT2D eigenvalue weighted by molar-refractivity contribution is -0.145. The number of rotatable bonds is 2. The highest BCUT2D eigenvalue weighted by molar-refractivity contribution is 5.88. The molecule has 0 radical (unpaired) electrons. The lowest BCUT2D eigenvalue weighted by Gasteiger charge is -2.25. The molecule has 2 aliphatic rings. The largest absolute Gasteiger partial charge is 0.467 e. The normalized spacial score (nSPS) is 29.0. The van der Waals surface area contributed by atoms with Crippen LogP contribution in [0.3, 0.4) is 0 Å². The summed E-state index contributed by atoms with van der Waals surface area (Å²) in [6, 6.07) is -1.54. The smallest absolute Gasteiger partial charge is 0.328 e. The number of fused-ring (bicyclic) bond motifs is 1. The van der Waals surface area contributed by atoms with Crippen LogP contribution in [0.5, 0.6) is 0 Å². The predicted octanol–water partition coefficient (Wildman–Crippen LogP) is -1.46. The molecule has 2 fully saturated rings. The standard InChI is InChI=1S/C8H12N4O4/c1-3(6(13)16-2)12-5-4(10-8(12)15)9-7(14)11-5/h3-5H,1-2H3,(H,10,15)(H2,9,11,14)/t3-,4-,5-/m1/s1. The first-order chi connectivity index (χ1) is 7.54. The van der Waals surface area contributed by atoms with Gasteiger partial charge in [0, 0.05) is 0 Å². The Morgan fingerprint density at radius 1 is 1.38 bits per heavy atom. The molecule has 3 atom stereocenters. The van der Waals surface area contributed by atoms with Crippen molar-refractivity contribution in [1.82, 2.24) is 20.9 Å². The van der Waals surface area contributed by atoms with E-state index in [0.29, 0.717) is 0 Å². The van der Waals surface area contributed by atoms with Gasteiger partial charge in [-0.3, -0.25) is 4.90 Å². The van der Waals surface area contributed by atoms with Crippen LogP contribution in [-0.4, -0.2) is 48.4 Å². The number of urea groups is 2. The number of nitrogens with zero attached hydrogens (tertiary/aromatic N) is 1. The Morgan fingerprint density at radius 3 is 2.69 bits per heavy atom. The molecule has 8 heteroatoms. The first-order valence-electron chi connectivity index (χ1n) is 4.78. The van der Waals surface area contributed by atoms with Crippen LogP contribution in [0.25, 0.3) is 0 Å². The number of amides is 4. The van der Waals surface area contributed by atoms with Gasteiger partial charge in [0.15, 0.2) is 0 Å². The molecule has 8 nitrogen and oxygen atoms in total. The second kappa shape index (κ2) is 3.54. The van der Waals surface area contributed by atoms with Gasteiger partial charge in [-0.15, -0.1) is 0 Å². The fourth-order valence-electron chi connectivity index (χ4n) is 1.86. The molecule has 0 aromatic carbocycles. The van der Waals surface area contributed by atoms with E-state index in [-0.39, 0.29) is 6.03 Å². The van der Waals surface area contributed by atoms with Crippen molar-refractivity contribution < 1.29 is 19.1 Å². The van der Waals surface area contributed by atoms with Crippen molar-refractivity contribution in [2.75, 3.05) is 7.11 Å². The molecular weight excluding hydrogens is 216 g/mol. The maximum Gasteiger partial charge on any atom is 0.328 e. The number of carbonyl (C=O) groups is 3. The molecule has 2 heterocycles. The van der Waals surface area contributed by atoms with Crippen molar-refractivity contribution >= 4 is 18.0 Å². The minimum absolute atomic E-state index is 0.378. The molecule has 2 saturated heterocycles. The Bertz CT molecular complexity index is 358. The van der Waals surface area contributed by atoms with Crippen LogP contribution in [0, 0.1) is 0 Å². The predicted molar refractivity (Wildman–Crippen MR) is 51.1 cm³/mol. The molecule has 0 aromatic heterocycles. The molecule has 4 amide bonds. The fourth-order valence-corrected chi connectivity index (χ4v) is 1.86. The third-order valence-corrected chi connectivity index (χ3v) is 2.65. The van der Waals surface area contributed by atoms with Gasteiger partial charge < -0.3 is 20.7 Å². The number of hydrogen-bond donors (Lipinski definition) is 3.